The van der Waals surface area contributed by atoms with E-state index in [2.05, 4.69) is 5.32 Å². The molecule has 0 atom stereocenters. The van der Waals surface area contributed by atoms with Crippen molar-refractivity contribution in [2.24, 2.45) is 0 Å². The van der Waals surface area contributed by atoms with Gasteiger partial charge < -0.3 is 29.0 Å². The maximum absolute atomic E-state index is 12.4. The summed E-state index contributed by atoms with van der Waals surface area (Å²) in [6.45, 7) is 0.851. The van der Waals surface area contributed by atoms with Gasteiger partial charge in [-0.25, -0.2) is 0 Å². The van der Waals surface area contributed by atoms with E-state index in [-0.39, 0.29) is 19.5 Å². The molecule has 158 valence electrons. The van der Waals surface area contributed by atoms with E-state index in [1.807, 2.05) is 60.7 Å². The second-order valence-corrected chi connectivity index (χ2v) is 7.24. The molecule has 2 aliphatic rings. The number of fused-ring (bicyclic) bond motifs is 2. The van der Waals surface area contributed by atoms with E-state index in [4.69, 9.17) is 23.7 Å². The Morgan fingerprint density at radius 3 is 2.39 bits per heavy atom. The lowest BCUT2D eigenvalue weighted by atomic mass is 10.1. The normalized spacial score (nSPS) is 13.2. The summed E-state index contributed by atoms with van der Waals surface area (Å²) in [6.07, 6.45) is 0.993. The number of hydrogen-bond acceptors (Lipinski definition) is 6. The summed E-state index contributed by atoms with van der Waals surface area (Å²) in [5.41, 5.74) is 2.72. The Morgan fingerprint density at radius 1 is 0.806 bits per heavy atom. The van der Waals surface area contributed by atoms with Gasteiger partial charge in [-0.15, -0.1) is 0 Å². The number of rotatable bonds is 7. The highest BCUT2D eigenvalue weighted by Crippen LogP contribution is 2.35. The number of carbonyl (C=O) groups is 1. The van der Waals surface area contributed by atoms with Gasteiger partial charge in [0.2, 0.25) is 19.5 Å². The van der Waals surface area contributed by atoms with Gasteiger partial charge in [0.15, 0.2) is 23.0 Å². The summed E-state index contributed by atoms with van der Waals surface area (Å²) >= 11 is 0. The third-order valence-corrected chi connectivity index (χ3v) is 5.04. The molecule has 0 bridgehead atoms. The number of amides is 1. The van der Waals surface area contributed by atoms with Crippen LogP contribution < -0.4 is 29.0 Å². The number of anilines is 1. The Labute approximate surface area is 179 Å². The van der Waals surface area contributed by atoms with Gasteiger partial charge in [0.25, 0.3) is 0 Å². The predicted molar refractivity (Wildman–Crippen MR) is 113 cm³/mol. The Hall–Kier alpha value is -3.87. The lowest BCUT2D eigenvalue weighted by Crippen LogP contribution is -2.12. The van der Waals surface area contributed by atoms with Crippen molar-refractivity contribution < 1.29 is 28.5 Å². The zero-order valence-corrected chi connectivity index (χ0v) is 16.8. The second kappa shape index (κ2) is 8.47. The Bertz CT molecular complexity index is 1110. The van der Waals surface area contributed by atoms with Crippen molar-refractivity contribution in [2.45, 2.75) is 19.4 Å². The molecule has 0 saturated heterocycles. The van der Waals surface area contributed by atoms with Crippen LogP contribution in [0.25, 0.3) is 0 Å². The van der Waals surface area contributed by atoms with E-state index >= 15 is 0 Å². The molecule has 3 aromatic rings. The van der Waals surface area contributed by atoms with Crippen LogP contribution >= 0.6 is 0 Å². The Morgan fingerprint density at radius 2 is 1.55 bits per heavy atom. The third kappa shape index (κ3) is 4.50. The van der Waals surface area contributed by atoms with Crippen LogP contribution in [-0.2, 0) is 17.8 Å². The molecule has 0 saturated carbocycles. The minimum atomic E-state index is -0.0495. The van der Waals surface area contributed by atoms with Crippen molar-refractivity contribution in [1.29, 1.82) is 0 Å². The van der Waals surface area contributed by atoms with Crippen molar-refractivity contribution in [3.63, 3.8) is 0 Å². The lowest BCUT2D eigenvalue weighted by molar-refractivity contribution is -0.116. The fourth-order valence-corrected chi connectivity index (χ4v) is 3.45. The second-order valence-electron chi connectivity index (χ2n) is 7.24. The molecule has 0 spiro atoms. The number of hydrogen-bond donors (Lipinski definition) is 1. The smallest absolute Gasteiger partial charge is 0.231 e. The Balaban J connectivity index is 1.14. The molecule has 0 fully saturated rings. The predicted octanol–water partition coefficient (Wildman–Crippen LogP) is 4.29. The number of carbonyl (C=O) groups excluding carboxylic acids is 1. The summed E-state index contributed by atoms with van der Waals surface area (Å²) in [4.78, 5) is 12.4. The van der Waals surface area contributed by atoms with Crippen LogP contribution in [0.5, 0.6) is 28.7 Å². The van der Waals surface area contributed by atoms with Gasteiger partial charge in [0, 0.05) is 18.2 Å². The quantitative estimate of drug-likeness (QED) is 0.616. The van der Waals surface area contributed by atoms with E-state index in [9.17, 15) is 4.79 Å². The molecule has 7 heteroatoms. The molecule has 1 amide bonds. The fraction of sp³-hybridized carbons (Fsp3) is 0.208. The first-order chi connectivity index (χ1) is 15.2. The van der Waals surface area contributed by atoms with Crippen molar-refractivity contribution in [3.8, 4) is 28.7 Å². The number of aryl methyl sites for hydroxylation is 1. The summed E-state index contributed by atoms with van der Waals surface area (Å²) in [5.74, 6) is 3.52. The molecule has 0 aromatic heterocycles. The lowest BCUT2D eigenvalue weighted by Gasteiger charge is -2.10. The van der Waals surface area contributed by atoms with E-state index in [1.165, 1.54) is 0 Å². The molecule has 0 aliphatic carbocycles. The minimum Gasteiger partial charge on any atom is -0.489 e. The molecule has 2 aliphatic heterocycles. The van der Waals surface area contributed by atoms with E-state index < -0.39 is 0 Å². The van der Waals surface area contributed by atoms with Gasteiger partial charge >= 0.3 is 0 Å². The van der Waals surface area contributed by atoms with Crippen LogP contribution in [0.1, 0.15) is 17.5 Å². The van der Waals surface area contributed by atoms with Crippen molar-refractivity contribution in [3.05, 3.63) is 71.8 Å². The first kappa shape index (κ1) is 19.1. The summed E-state index contributed by atoms with van der Waals surface area (Å²) < 4.78 is 27.2. The first-order valence-electron chi connectivity index (χ1n) is 10.0. The van der Waals surface area contributed by atoms with Gasteiger partial charge in [-0.1, -0.05) is 18.2 Å². The van der Waals surface area contributed by atoms with Gasteiger partial charge in [-0.05, 0) is 53.9 Å². The largest absolute Gasteiger partial charge is 0.489 e. The summed E-state index contributed by atoms with van der Waals surface area (Å²) in [5, 5.41) is 2.95. The molecule has 2 heterocycles. The van der Waals surface area contributed by atoms with Crippen LogP contribution in [0.15, 0.2) is 60.7 Å². The highest BCUT2D eigenvalue weighted by Gasteiger charge is 2.15. The fourth-order valence-electron chi connectivity index (χ4n) is 3.45. The molecular weight excluding hydrogens is 398 g/mol. The van der Waals surface area contributed by atoms with Crippen molar-refractivity contribution >= 4 is 11.6 Å². The number of nitrogens with one attached hydrogen (secondary N) is 1. The summed E-state index contributed by atoms with van der Waals surface area (Å²) in [7, 11) is 0. The van der Waals surface area contributed by atoms with Crippen LogP contribution in [0.3, 0.4) is 0 Å². The highest BCUT2D eigenvalue weighted by molar-refractivity contribution is 5.90. The maximum atomic E-state index is 12.4. The van der Waals surface area contributed by atoms with Gasteiger partial charge in [0.1, 0.15) is 12.4 Å². The number of ether oxygens (including phenoxy) is 5. The Kier molecular flexibility index (Phi) is 5.22. The maximum Gasteiger partial charge on any atom is 0.231 e. The van der Waals surface area contributed by atoms with E-state index in [0.29, 0.717) is 30.9 Å². The average molecular weight is 419 g/mol. The van der Waals surface area contributed by atoms with E-state index in [0.717, 1.165) is 34.1 Å². The standard InChI is InChI=1S/C24H21NO6/c26-24(9-5-16-4-7-20-22(11-16)30-14-28-20)25-18-3-1-2-17(10-18)13-27-19-6-8-21-23(12-19)31-15-29-21/h1-4,6-8,10-12H,5,9,13-15H2,(H,25,26). The van der Waals surface area contributed by atoms with Crippen LogP contribution in [0, 0.1) is 0 Å². The van der Waals surface area contributed by atoms with Gasteiger partial charge in [0.05, 0.1) is 0 Å². The monoisotopic (exact) mass is 419 g/mol. The van der Waals surface area contributed by atoms with Crippen molar-refractivity contribution in [2.75, 3.05) is 18.9 Å². The van der Waals surface area contributed by atoms with Crippen LogP contribution in [0.4, 0.5) is 5.69 Å². The molecule has 7 nitrogen and oxygen atoms in total. The van der Waals surface area contributed by atoms with Gasteiger partial charge in [-0.3, -0.25) is 4.79 Å². The third-order valence-electron chi connectivity index (χ3n) is 5.04. The highest BCUT2D eigenvalue weighted by atomic mass is 16.7. The molecule has 5 rings (SSSR count). The minimum absolute atomic E-state index is 0.0495. The SMILES string of the molecule is O=C(CCc1ccc2c(c1)OCO2)Nc1cccc(COc2ccc3c(c2)OCO3)c1. The number of benzene rings is 3. The molecule has 0 radical (unpaired) electrons. The van der Waals surface area contributed by atoms with Crippen molar-refractivity contribution in [1.82, 2.24) is 0 Å². The average Bonchev–Trinajstić information content (AvgIpc) is 3.45. The molecule has 1 N–H and O–H groups in total. The first-order valence-corrected chi connectivity index (χ1v) is 10.0. The van der Waals surface area contributed by atoms with Crippen LogP contribution in [0.2, 0.25) is 0 Å². The molecule has 31 heavy (non-hydrogen) atoms. The van der Waals surface area contributed by atoms with Gasteiger partial charge in [-0.2, -0.15) is 0 Å². The zero-order chi connectivity index (χ0) is 21.0. The van der Waals surface area contributed by atoms with Crippen LogP contribution in [-0.4, -0.2) is 19.5 Å². The topological polar surface area (TPSA) is 75.3 Å². The molecular formula is C24H21NO6. The zero-order valence-electron chi connectivity index (χ0n) is 16.8. The van der Waals surface area contributed by atoms with E-state index in [1.54, 1.807) is 0 Å². The molecule has 3 aromatic carbocycles. The molecule has 0 unspecified atom stereocenters. The summed E-state index contributed by atoms with van der Waals surface area (Å²) in [6, 6.07) is 18.8.